The van der Waals surface area contributed by atoms with Crippen LogP contribution < -0.4 is 17.7 Å². The van der Waals surface area contributed by atoms with Crippen LogP contribution in [-0.2, 0) is 5.67 Å². The Kier molecular flexibility index (Phi) is 4.79. The van der Waals surface area contributed by atoms with Crippen molar-refractivity contribution in [3.63, 3.8) is 0 Å². The first-order valence-corrected chi connectivity index (χ1v) is 6.95. The lowest BCUT2D eigenvalue weighted by Gasteiger charge is -2.30. The highest BCUT2D eigenvalue weighted by molar-refractivity contribution is 5.37. The van der Waals surface area contributed by atoms with Gasteiger partial charge in [-0.05, 0) is 11.1 Å². The van der Waals surface area contributed by atoms with Gasteiger partial charge in [-0.1, -0.05) is 60.7 Å². The van der Waals surface area contributed by atoms with E-state index >= 15 is 4.39 Å². The molecule has 1 aliphatic heterocycles. The van der Waals surface area contributed by atoms with Crippen LogP contribution in [0.4, 0.5) is 4.39 Å². The number of hydrogen-bond acceptors (Lipinski definition) is 0. The van der Waals surface area contributed by atoms with Crippen molar-refractivity contribution in [1.82, 2.24) is 0 Å². The van der Waals surface area contributed by atoms with Crippen LogP contribution in [0.3, 0.4) is 0 Å². The van der Waals surface area contributed by atoms with Gasteiger partial charge in [-0.15, -0.1) is 0 Å². The third kappa shape index (κ3) is 2.58. The molecule has 2 N–H and O–H groups in total. The molecule has 0 amide bonds. The summed E-state index contributed by atoms with van der Waals surface area (Å²) in [4.78, 5) is 0. The molecule has 1 fully saturated rings. The quantitative estimate of drug-likeness (QED) is 0.795. The van der Waals surface area contributed by atoms with Crippen molar-refractivity contribution in [2.24, 2.45) is 0 Å². The molecule has 20 heavy (non-hydrogen) atoms. The van der Waals surface area contributed by atoms with E-state index in [1.807, 2.05) is 60.7 Å². The first-order chi connectivity index (χ1) is 9.32. The summed E-state index contributed by atoms with van der Waals surface area (Å²) in [5, 5.41) is 2.15. The standard InChI is InChI=1S/C17H18FN.ClH/c18-17(16-12-7-13-19-16,14-8-3-1-4-9-14)15-10-5-2-6-11-15;/h1-6,8-11,16,19H,7,12-13H2;1H/t16-;/m0./s1. The number of quaternary nitrogens is 1. The second-order valence-corrected chi connectivity index (χ2v) is 5.22. The lowest BCUT2D eigenvalue weighted by molar-refractivity contribution is -0.681. The van der Waals surface area contributed by atoms with E-state index in [0.29, 0.717) is 0 Å². The average molecular weight is 292 g/mol. The van der Waals surface area contributed by atoms with Gasteiger partial charge in [0.25, 0.3) is 0 Å². The molecule has 1 heterocycles. The predicted molar refractivity (Wildman–Crippen MR) is 74.6 cm³/mol. The van der Waals surface area contributed by atoms with E-state index in [9.17, 15) is 0 Å². The second kappa shape index (κ2) is 6.38. The number of halogens is 2. The molecule has 3 rings (SSSR count). The van der Waals surface area contributed by atoms with E-state index < -0.39 is 5.67 Å². The van der Waals surface area contributed by atoms with Crippen molar-refractivity contribution in [1.29, 1.82) is 0 Å². The first-order valence-electron chi connectivity index (χ1n) is 6.95. The molecule has 1 nitrogen and oxygen atoms in total. The van der Waals surface area contributed by atoms with Gasteiger partial charge in [0.1, 0.15) is 6.04 Å². The van der Waals surface area contributed by atoms with Gasteiger partial charge in [-0.25, -0.2) is 4.39 Å². The van der Waals surface area contributed by atoms with Crippen molar-refractivity contribution in [2.45, 2.75) is 24.6 Å². The Morgan fingerprint density at radius 3 is 1.80 bits per heavy atom. The van der Waals surface area contributed by atoms with Crippen molar-refractivity contribution >= 4 is 0 Å². The fraction of sp³-hybridized carbons (Fsp3) is 0.294. The van der Waals surface area contributed by atoms with E-state index in [4.69, 9.17) is 0 Å². The van der Waals surface area contributed by atoms with Crippen LogP contribution in [0, 0.1) is 0 Å². The summed E-state index contributed by atoms with van der Waals surface area (Å²) in [5.74, 6) is 0. The normalized spacial score (nSPS) is 18.6. The summed E-state index contributed by atoms with van der Waals surface area (Å²) >= 11 is 0. The molecule has 0 saturated carbocycles. The molecule has 0 bridgehead atoms. The largest absolute Gasteiger partial charge is 1.00 e. The van der Waals surface area contributed by atoms with Crippen LogP contribution in [0.2, 0.25) is 0 Å². The number of hydrogen-bond donors (Lipinski definition) is 1. The summed E-state index contributed by atoms with van der Waals surface area (Å²) in [7, 11) is 0. The van der Waals surface area contributed by atoms with Gasteiger partial charge in [0, 0.05) is 12.8 Å². The fourth-order valence-corrected chi connectivity index (χ4v) is 3.09. The molecule has 0 unspecified atom stereocenters. The molecule has 3 heteroatoms. The summed E-state index contributed by atoms with van der Waals surface area (Å²) in [6.45, 7) is 1.02. The van der Waals surface area contributed by atoms with Crippen molar-refractivity contribution in [3.05, 3.63) is 71.8 Å². The molecule has 106 valence electrons. The van der Waals surface area contributed by atoms with Crippen LogP contribution in [0.5, 0.6) is 0 Å². The molecule has 0 spiro atoms. The maximum absolute atomic E-state index is 15.9. The Morgan fingerprint density at radius 1 is 0.900 bits per heavy atom. The third-order valence-electron chi connectivity index (χ3n) is 4.07. The fourth-order valence-electron chi connectivity index (χ4n) is 3.09. The smallest absolute Gasteiger partial charge is 0.212 e. The molecule has 1 saturated heterocycles. The first kappa shape index (κ1) is 15.0. The monoisotopic (exact) mass is 291 g/mol. The van der Waals surface area contributed by atoms with Crippen molar-refractivity contribution in [2.75, 3.05) is 6.54 Å². The Hall–Kier alpha value is -1.38. The molecule has 2 aromatic carbocycles. The third-order valence-corrected chi connectivity index (χ3v) is 4.07. The molecule has 0 radical (unpaired) electrons. The molecule has 1 aliphatic rings. The molecule has 1 atom stereocenters. The minimum absolute atomic E-state index is 0. The summed E-state index contributed by atoms with van der Waals surface area (Å²) < 4.78 is 15.9. The lowest BCUT2D eigenvalue weighted by Crippen LogP contribution is -3.00. The molecular weight excluding hydrogens is 273 g/mol. The minimum Gasteiger partial charge on any atom is -1.00 e. The van der Waals surface area contributed by atoms with Crippen molar-refractivity contribution < 1.29 is 22.1 Å². The average Bonchev–Trinajstić information content (AvgIpc) is 3.03. The van der Waals surface area contributed by atoms with Gasteiger partial charge in [-0.3, -0.25) is 0 Å². The number of benzene rings is 2. The molecule has 0 aromatic heterocycles. The van der Waals surface area contributed by atoms with E-state index in [2.05, 4.69) is 5.32 Å². The van der Waals surface area contributed by atoms with E-state index in [0.717, 1.165) is 30.5 Å². The van der Waals surface area contributed by atoms with Crippen LogP contribution >= 0.6 is 0 Å². The zero-order chi connectivity index (χ0) is 13.1. The van der Waals surface area contributed by atoms with Crippen LogP contribution in [0.1, 0.15) is 24.0 Å². The zero-order valence-corrected chi connectivity index (χ0v) is 12.1. The number of rotatable bonds is 3. The maximum atomic E-state index is 15.9. The van der Waals surface area contributed by atoms with Gasteiger partial charge in [-0.2, -0.15) is 0 Å². The highest BCUT2D eigenvalue weighted by Gasteiger charge is 2.46. The SMILES string of the molecule is FC(c1ccccc1)(c1ccccc1)[C@@H]1CCC[NH2+]1.[Cl-]. The van der Waals surface area contributed by atoms with Crippen molar-refractivity contribution in [3.8, 4) is 0 Å². The van der Waals surface area contributed by atoms with E-state index in [1.54, 1.807) is 0 Å². The van der Waals surface area contributed by atoms with Crippen LogP contribution in [0.25, 0.3) is 0 Å². The Bertz CT molecular complexity index is 484. The summed E-state index contributed by atoms with van der Waals surface area (Å²) in [6.07, 6.45) is 2.02. The zero-order valence-electron chi connectivity index (χ0n) is 11.3. The Labute approximate surface area is 125 Å². The minimum atomic E-state index is -1.39. The highest BCUT2D eigenvalue weighted by atomic mass is 35.5. The number of alkyl halides is 1. The summed E-state index contributed by atoms with van der Waals surface area (Å²) in [6, 6.07) is 19.1. The lowest BCUT2D eigenvalue weighted by atomic mass is 9.81. The predicted octanol–water partition coefficient (Wildman–Crippen LogP) is -0.370. The molecule has 0 aliphatic carbocycles. The van der Waals surface area contributed by atoms with Gasteiger partial charge < -0.3 is 17.7 Å². The van der Waals surface area contributed by atoms with Gasteiger partial charge in [0.15, 0.2) is 0 Å². The highest BCUT2D eigenvalue weighted by Crippen LogP contribution is 2.38. The van der Waals surface area contributed by atoms with Gasteiger partial charge >= 0.3 is 0 Å². The van der Waals surface area contributed by atoms with Crippen LogP contribution in [0.15, 0.2) is 60.7 Å². The second-order valence-electron chi connectivity index (χ2n) is 5.22. The molecular formula is C17H19ClFN. The van der Waals surface area contributed by atoms with Gasteiger partial charge in [0.2, 0.25) is 5.67 Å². The summed E-state index contributed by atoms with van der Waals surface area (Å²) in [5.41, 5.74) is 0.146. The van der Waals surface area contributed by atoms with E-state index in [-0.39, 0.29) is 18.4 Å². The Balaban J connectivity index is 0.00000147. The maximum Gasteiger partial charge on any atom is 0.212 e. The van der Waals surface area contributed by atoms with E-state index in [1.165, 1.54) is 0 Å². The Morgan fingerprint density at radius 2 is 1.40 bits per heavy atom. The molecule has 2 aromatic rings. The van der Waals surface area contributed by atoms with Crippen LogP contribution in [-0.4, -0.2) is 12.6 Å². The van der Waals surface area contributed by atoms with Gasteiger partial charge in [0.05, 0.1) is 6.54 Å². The number of nitrogens with two attached hydrogens (primary N) is 1. The topological polar surface area (TPSA) is 16.6 Å².